The predicted octanol–water partition coefficient (Wildman–Crippen LogP) is 0.917. The monoisotopic (exact) mass is 244 g/mol. The smallest absolute Gasteiger partial charge is 0.407 e. The van der Waals surface area contributed by atoms with Gasteiger partial charge in [-0.3, -0.25) is 0 Å². The molecule has 0 radical (unpaired) electrons. The van der Waals surface area contributed by atoms with Gasteiger partial charge >= 0.3 is 12.1 Å². The molecule has 0 aliphatic carbocycles. The minimum Gasteiger partial charge on any atom is -0.463 e. The molecule has 0 atom stereocenters. The number of nitrogens with one attached hydrogen (secondary N) is 1. The van der Waals surface area contributed by atoms with Crippen molar-refractivity contribution >= 4 is 12.1 Å². The Labute approximate surface area is 101 Å². The van der Waals surface area contributed by atoms with Crippen LogP contribution in [0.2, 0.25) is 0 Å². The Hall–Kier alpha value is -1.72. The van der Waals surface area contributed by atoms with Crippen LogP contribution in [0.5, 0.6) is 0 Å². The summed E-state index contributed by atoms with van der Waals surface area (Å²) >= 11 is 0. The van der Waals surface area contributed by atoms with Crippen LogP contribution in [0, 0.1) is 0 Å². The molecule has 0 bridgehead atoms. The first-order chi connectivity index (χ1) is 7.74. The summed E-state index contributed by atoms with van der Waals surface area (Å²) in [5.74, 6) is -0.531. The molecule has 0 unspecified atom stereocenters. The van der Waals surface area contributed by atoms with Crippen LogP contribution < -0.4 is 11.1 Å². The number of carbonyl (C=O) groups is 2. The van der Waals surface area contributed by atoms with E-state index in [1.807, 2.05) is 0 Å². The van der Waals surface area contributed by atoms with Crippen LogP contribution in [0.1, 0.15) is 27.7 Å². The number of esters is 1. The SMILES string of the molecule is CCOC(=O)C=C(N)CNC(=O)OC(C)(C)C. The zero-order valence-electron chi connectivity index (χ0n) is 10.7. The van der Waals surface area contributed by atoms with Crippen LogP contribution in [0.15, 0.2) is 11.8 Å². The molecule has 0 aromatic carbocycles. The van der Waals surface area contributed by atoms with E-state index in [-0.39, 0.29) is 18.8 Å². The fourth-order valence-corrected chi connectivity index (χ4v) is 0.875. The third kappa shape index (κ3) is 9.22. The van der Waals surface area contributed by atoms with E-state index in [2.05, 4.69) is 10.1 Å². The van der Waals surface area contributed by atoms with Crippen molar-refractivity contribution in [2.24, 2.45) is 5.73 Å². The lowest BCUT2D eigenvalue weighted by atomic mass is 10.2. The third-order valence-corrected chi connectivity index (χ3v) is 1.43. The van der Waals surface area contributed by atoms with Gasteiger partial charge in [0.1, 0.15) is 5.60 Å². The van der Waals surface area contributed by atoms with Crippen molar-refractivity contribution in [3.8, 4) is 0 Å². The summed E-state index contributed by atoms with van der Waals surface area (Å²) in [6, 6.07) is 0. The molecule has 17 heavy (non-hydrogen) atoms. The van der Waals surface area contributed by atoms with E-state index in [9.17, 15) is 9.59 Å². The molecule has 0 fully saturated rings. The maximum absolute atomic E-state index is 11.2. The highest BCUT2D eigenvalue weighted by Gasteiger charge is 2.15. The predicted molar refractivity (Wildman–Crippen MR) is 63.1 cm³/mol. The zero-order chi connectivity index (χ0) is 13.5. The van der Waals surface area contributed by atoms with Crippen molar-refractivity contribution in [1.29, 1.82) is 0 Å². The number of ether oxygens (including phenoxy) is 2. The van der Waals surface area contributed by atoms with Gasteiger partial charge in [-0.25, -0.2) is 9.59 Å². The molecule has 1 amide bonds. The summed E-state index contributed by atoms with van der Waals surface area (Å²) < 4.78 is 9.65. The summed E-state index contributed by atoms with van der Waals surface area (Å²) in [4.78, 5) is 22.2. The summed E-state index contributed by atoms with van der Waals surface area (Å²) in [6.07, 6.45) is 0.540. The second-order valence-corrected chi connectivity index (χ2v) is 4.33. The molecule has 0 aromatic heterocycles. The Morgan fingerprint density at radius 3 is 2.41 bits per heavy atom. The molecule has 0 rings (SSSR count). The maximum Gasteiger partial charge on any atom is 0.407 e. The Bertz CT molecular complexity index is 305. The summed E-state index contributed by atoms with van der Waals surface area (Å²) in [5, 5.41) is 2.42. The van der Waals surface area contributed by atoms with E-state index in [1.165, 1.54) is 0 Å². The standard InChI is InChI=1S/C11H20N2O4/c1-5-16-9(14)6-8(12)7-13-10(15)17-11(2,3)4/h6H,5,7,12H2,1-4H3,(H,13,15). The van der Waals surface area contributed by atoms with E-state index in [1.54, 1.807) is 27.7 Å². The highest BCUT2D eigenvalue weighted by molar-refractivity contribution is 5.82. The molecule has 6 heteroatoms. The van der Waals surface area contributed by atoms with Crippen LogP contribution in [-0.4, -0.2) is 30.8 Å². The normalized spacial score (nSPS) is 11.9. The van der Waals surface area contributed by atoms with Crippen LogP contribution in [0.4, 0.5) is 4.79 Å². The zero-order valence-corrected chi connectivity index (χ0v) is 10.7. The van der Waals surface area contributed by atoms with Crippen LogP contribution in [-0.2, 0) is 14.3 Å². The second-order valence-electron chi connectivity index (χ2n) is 4.33. The topological polar surface area (TPSA) is 90.6 Å². The molecule has 0 aliphatic heterocycles. The molecular weight excluding hydrogens is 224 g/mol. The van der Waals surface area contributed by atoms with Crippen molar-refractivity contribution in [2.75, 3.05) is 13.2 Å². The van der Waals surface area contributed by atoms with E-state index in [4.69, 9.17) is 10.5 Å². The highest BCUT2D eigenvalue weighted by Crippen LogP contribution is 2.06. The first-order valence-corrected chi connectivity index (χ1v) is 5.34. The van der Waals surface area contributed by atoms with Gasteiger partial charge in [0.2, 0.25) is 0 Å². The third-order valence-electron chi connectivity index (χ3n) is 1.43. The van der Waals surface area contributed by atoms with Gasteiger partial charge in [0.25, 0.3) is 0 Å². The van der Waals surface area contributed by atoms with E-state index in [0.29, 0.717) is 0 Å². The van der Waals surface area contributed by atoms with E-state index in [0.717, 1.165) is 6.08 Å². The maximum atomic E-state index is 11.2. The average molecular weight is 244 g/mol. The molecule has 0 aromatic rings. The van der Waals surface area contributed by atoms with Gasteiger partial charge in [0.15, 0.2) is 0 Å². The van der Waals surface area contributed by atoms with Crippen molar-refractivity contribution in [2.45, 2.75) is 33.3 Å². The lowest BCUT2D eigenvalue weighted by molar-refractivity contribution is -0.137. The Balaban J connectivity index is 4.03. The van der Waals surface area contributed by atoms with Crippen LogP contribution in [0.25, 0.3) is 0 Å². The molecule has 0 saturated carbocycles. The summed E-state index contributed by atoms with van der Waals surface area (Å²) in [6.45, 7) is 7.27. The lowest BCUT2D eigenvalue weighted by Crippen LogP contribution is -2.34. The molecule has 3 N–H and O–H groups in total. The van der Waals surface area contributed by atoms with Gasteiger partial charge in [-0.15, -0.1) is 0 Å². The fourth-order valence-electron chi connectivity index (χ4n) is 0.875. The van der Waals surface area contributed by atoms with E-state index >= 15 is 0 Å². The van der Waals surface area contributed by atoms with Gasteiger partial charge in [-0.1, -0.05) is 0 Å². The molecule has 0 saturated heterocycles. The Morgan fingerprint density at radius 1 is 1.35 bits per heavy atom. The molecule has 0 spiro atoms. The molecular formula is C11H20N2O4. The van der Waals surface area contributed by atoms with Gasteiger partial charge in [-0.05, 0) is 27.7 Å². The Morgan fingerprint density at radius 2 is 1.94 bits per heavy atom. The van der Waals surface area contributed by atoms with Gasteiger partial charge in [-0.2, -0.15) is 0 Å². The number of rotatable bonds is 4. The quantitative estimate of drug-likeness (QED) is 0.566. The van der Waals surface area contributed by atoms with Gasteiger partial charge < -0.3 is 20.5 Å². The van der Waals surface area contributed by atoms with Crippen LogP contribution in [0.3, 0.4) is 0 Å². The van der Waals surface area contributed by atoms with Gasteiger partial charge in [0, 0.05) is 11.8 Å². The Kier molecular flexibility index (Phi) is 6.09. The van der Waals surface area contributed by atoms with Gasteiger partial charge in [0.05, 0.1) is 13.2 Å². The van der Waals surface area contributed by atoms with Crippen molar-refractivity contribution in [3.05, 3.63) is 11.8 Å². The van der Waals surface area contributed by atoms with Crippen LogP contribution >= 0.6 is 0 Å². The number of hydrogen-bond acceptors (Lipinski definition) is 5. The molecule has 0 aliphatic rings. The second kappa shape index (κ2) is 6.78. The number of amides is 1. The minimum absolute atomic E-state index is 0.0354. The molecule has 98 valence electrons. The molecule has 0 heterocycles. The number of alkyl carbamates (subject to hydrolysis) is 1. The summed E-state index contributed by atoms with van der Waals surface area (Å²) in [7, 11) is 0. The van der Waals surface area contributed by atoms with E-state index < -0.39 is 17.7 Å². The first-order valence-electron chi connectivity index (χ1n) is 5.34. The summed E-state index contributed by atoms with van der Waals surface area (Å²) in [5.41, 5.74) is 5.14. The van der Waals surface area contributed by atoms with Crippen molar-refractivity contribution < 1.29 is 19.1 Å². The minimum atomic E-state index is -0.585. The fraction of sp³-hybridized carbons (Fsp3) is 0.636. The van der Waals surface area contributed by atoms with Crippen molar-refractivity contribution in [3.63, 3.8) is 0 Å². The average Bonchev–Trinajstić information content (AvgIpc) is 2.12. The lowest BCUT2D eigenvalue weighted by Gasteiger charge is -2.19. The largest absolute Gasteiger partial charge is 0.463 e. The first kappa shape index (κ1) is 15.3. The molecule has 6 nitrogen and oxygen atoms in total. The number of hydrogen-bond donors (Lipinski definition) is 2. The number of carbonyl (C=O) groups excluding carboxylic acids is 2. The highest BCUT2D eigenvalue weighted by atomic mass is 16.6. The number of nitrogens with two attached hydrogens (primary N) is 1. The van der Waals surface area contributed by atoms with Crippen molar-refractivity contribution in [1.82, 2.24) is 5.32 Å².